The second kappa shape index (κ2) is 5.46. The van der Waals surface area contributed by atoms with Crippen LogP contribution < -0.4 is 5.73 Å². The van der Waals surface area contributed by atoms with Crippen molar-refractivity contribution in [2.24, 2.45) is 0 Å². The predicted octanol–water partition coefficient (Wildman–Crippen LogP) is 2.02. The van der Waals surface area contributed by atoms with Gasteiger partial charge in [-0.1, -0.05) is 12.1 Å². The fourth-order valence-electron chi connectivity index (χ4n) is 2.25. The highest BCUT2D eigenvalue weighted by molar-refractivity contribution is 7.89. The van der Waals surface area contributed by atoms with E-state index in [1.807, 2.05) is 12.1 Å². The Kier molecular flexibility index (Phi) is 3.65. The number of pyridine rings is 1. The highest BCUT2D eigenvalue weighted by Crippen LogP contribution is 2.33. The van der Waals surface area contributed by atoms with Gasteiger partial charge in [-0.15, -0.1) is 0 Å². The maximum Gasteiger partial charge on any atom is 0.243 e. The number of nitrogens with two attached hydrogens (primary N) is 1. The minimum atomic E-state index is -3.53. The molecule has 1 aromatic carbocycles. The zero-order chi connectivity index (χ0) is 14.9. The van der Waals surface area contributed by atoms with Crippen LogP contribution in [0.3, 0.4) is 0 Å². The molecule has 1 heterocycles. The van der Waals surface area contributed by atoms with Gasteiger partial charge in [-0.05, 0) is 42.7 Å². The van der Waals surface area contributed by atoms with E-state index in [1.54, 1.807) is 34.9 Å². The molecule has 1 aliphatic carbocycles. The SMILES string of the molecule is Nc1cccc(S(=O)(=O)N(Cc2cccnc2)C2CC2)c1. The second-order valence-corrected chi connectivity index (χ2v) is 7.11. The Morgan fingerprint density at radius 2 is 2.05 bits per heavy atom. The van der Waals surface area contributed by atoms with Gasteiger partial charge >= 0.3 is 0 Å². The van der Waals surface area contributed by atoms with E-state index in [0.717, 1.165) is 18.4 Å². The van der Waals surface area contributed by atoms with Crippen LogP contribution in [0.1, 0.15) is 18.4 Å². The summed E-state index contributed by atoms with van der Waals surface area (Å²) >= 11 is 0. The highest BCUT2D eigenvalue weighted by atomic mass is 32.2. The molecular formula is C15H17N3O2S. The van der Waals surface area contributed by atoms with Crippen LogP contribution in [-0.4, -0.2) is 23.7 Å². The van der Waals surface area contributed by atoms with E-state index in [2.05, 4.69) is 4.98 Å². The van der Waals surface area contributed by atoms with Crippen molar-refractivity contribution in [3.05, 3.63) is 54.4 Å². The number of nitrogens with zero attached hydrogens (tertiary/aromatic N) is 2. The number of anilines is 1. The maximum absolute atomic E-state index is 12.8. The van der Waals surface area contributed by atoms with E-state index in [4.69, 9.17) is 5.73 Å². The minimum Gasteiger partial charge on any atom is -0.399 e. The Labute approximate surface area is 124 Å². The average Bonchev–Trinajstić information content (AvgIpc) is 3.30. The van der Waals surface area contributed by atoms with Crippen LogP contribution in [0.15, 0.2) is 53.7 Å². The van der Waals surface area contributed by atoms with Gasteiger partial charge in [0.15, 0.2) is 0 Å². The summed E-state index contributed by atoms with van der Waals surface area (Å²) in [6, 6.07) is 10.2. The summed E-state index contributed by atoms with van der Waals surface area (Å²) in [5, 5.41) is 0. The first-order valence-corrected chi connectivity index (χ1v) is 8.28. The molecule has 0 amide bonds. The number of benzene rings is 1. The molecule has 1 saturated carbocycles. The molecular weight excluding hydrogens is 286 g/mol. The van der Waals surface area contributed by atoms with Gasteiger partial charge in [0.1, 0.15) is 0 Å². The molecule has 0 bridgehead atoms. The van der Waals surface area contributed by atoms with Crippen molar-refractivity contribution < 1.29 is 8.42 Å². The fraction of sp³-hybridized carbons (Fsp3) is 0.267. The van der Waals surface area contributed by atoms with Gasteiger partial charge in [0.25, 0.3) is 0 Å². The number of aromatic nitrogens is 1. The van der Waals surface area contributed by atoms with Crippen molar-refractivity contribution in [1.82, 2.24) is 9.29 Å². The van der Waals surface area contributed by atoms with Crippen molar-refractivity contribution >= 4 is 15.7 Å². The van der Waals surface area contributed by atoms with Gasteiger partial charge in [0.05, 0.1) is 4.90 Å². The molecule has 1 aromatic heterocycles. The summed E-state index contributed by atoms with van der Waals surface area (Å²) in [5.74, 6) is 0. The third-order valence-electron chi connectivity index (χ3n) is 3.48. The normalized spacial score (nSPS) is 15.3. The largest absolute Gasteiger partial charge is 0.399 e. The summed E-state index contributed by atoms with van der Waals surface area (Å²) in [5.41, 5.74) is 7.04. The molecule has 0 unspecified atom stereocenters. The van der Waals surface area contributed by atoms with Crippen LogP contribution in [0.4, 0.5) is 5.69 Å². The van der Waals surface area contributed by atoms with Gasteiger partial charge in [0.2, 0.25) is 10.0 Å². The van der Waals surface area contributed by atoms with E-state index in [1.165, 1.54) is 6.07 Å². The molecule has 0 atom stereocenters. The van der Waals surface area contributed by atoms with Gasteiger partial charge in [-0.25, -0.2) is 8.42 Å². The lowest BCUT2D eigenvalue weighted by Gasteiger charge is -2.22. The van der Waals surface area contributed by atoms with E-state index in [0.29, 0.717) is 12.2 Å². The van der Waals surface area contributed by atoms with Gasteiger partial charge < -0.3 is 5.73 Å². The van der Waals surface area contributed by atoms with Crippen LogP contribution in [0, 0.1) is 0 Å². The van der Waals surface area contributed by atoms with Crippen LogP contribution in [0.25, 0.3) is 0 Å². The minimum absolute atomic E-state index is 0.0802. The van der Waals surface area contributed by atoms with Gasteiger partial charge in [-0.3, -0.25) is 4.98 Å². The molecule has 110 valence electrons. The number of hydrogen-bond donors (Lipinski definition) is 1. The summed E-state index contributed by atoms with van der Waals surface area (Å²) < 4.78 is 27.2. The first kappa shape index (κ1) is 14.0. The lowest BCUT2D eigenvalue weighted by atomic mass is 10.3. The first-order chi connectivity index (χ1) is 10.1. The first-order valence-electron chi connectivity index (χ1n) is 6.83. The predicted molar refractivity (Wildman–Crippen MR) is 80.8 cm³/mol. The van der Waals surface area contributed by atoms with Crippen LogP contribution in [0.2, 0.25) is 0 Å². The number of hydrogen-bond acceptors (Lipinski definition) is 4. The third kappa shape index (κ3) is 3.06. The van der Waals surface area contributed by atoms with Gasteiger partial charge in [-0.2, -0.15) is 4.31 Å². The summed E-state index contributed by atoms with van der Waals surface area (Å²) in [7, 11) is -3.53. The molecule has 3 rings (SSSR count). The Hall–Kier alpha value is -1.92. The monoisotopic (exact) mass is 303 g/mol. The molecule has 5 nitrogen and oxygen atoms in total. The molecule has 2 aromatic rings. The average molecular weight is 303 g/mol. The standard InChI is InChI=1S/C15H17N3O2S/c16-13-4-1-5-15(9-13)21(19,20)18(14-6-7-14)11-12-3-2-8-17-10-12/h1-5,8-10,14H,6-7,11,16H2. The Balaban J connectivity index is 1.93. The van der Waals surface area contributed by atoms with Crippen molar-refractivity contribution in [1.29, 1.82) is 0 Å². The Bertz CT molecular complexity index is 728. The molecule has 2 N–H and O–H groups in total. The van der Waals surface area contributed by atoms with Crippen LogP contribution >= 0.6 is 0 Å². The van der Waals surface area contributed by atoms with Crippen molar-refractivity contribution in [2.45, 2.75) is 30.3 Å². The molecule has 0 aliphatic heterocycles. The smallest absolute Gasteiger partial charge is 0.243 e. The molecule has 0 spiro atoms. The third-order valence-corrected chi connectivity index (χ3v) is 5.37. The number of rotatable bonds is 5. The molecule has 1 aliphatic rings. The number of nitrogen functional groups attached to an aromatic ring is 1. The van der Waals surface area contributed by atoms with Gasteiger partial charge in [0, 0.05) is 30.7 Å². The number of sulfonamides is 1. The summed E-state index contributed by atoms with van der Waals surface area (Å²) in [6.07, 6.45) is 5.19. The lowest BCUT2D eigenvalue weighted by Crippen LogP contribution is -2.32. The maximum atomic E-state index is 12.8. The van der Waals surface area contributed by atoms with Crippen molar-refractivity contribution in [3.63, 3.8) is 0 Å². The Morgan fingerprint density at radius 1 is 1.24 bits per heavy atom. The van der Waals surface area contributed by atoms with E-state index in [-0.39, 0.29) is 10.9 Å². The zero-order valence-corrected chi connectivity index (χ0v) is 12.3. The fourth-order valence-corrected chi connectivity index (χ4v) is 3.98. The summed E-state index contributed by atoms with van der Waals surface area (Å²) in [4.78, 5) is 4.29. The highest BCUT2D eigenvalue weighted by Gasteiger charge is 2.38. The molecule has 0 saturated heterocycles. The second-order valence-electron chi connectivity index (χ2n) is 5.22. The molecule has 6 heteroatoms. The van der Waals surface area contributed by atoms with E-state index >= 15 is 0 Å². The molecule has 0 radical (unpaired) electrons. The van der Waals surface area contributed by atoms with Crippen LogP contribution in [-0.2, 0) is 16.6 Å². The topological polar surface area (TPSA) is 76.3 Å². The lowest BCUT2D eigenvalue weighted by molar-refractivity contribution is 0.398. The zero-order valence-electron chi connectivity index (χ0n) is 11.5. The molecule has 1 fully saturated rings. The summed E-state index contributed by atoms with van der Waals surface area (Å²) in [6.45, 7) is 0.343. The van der Waals surface area contributed by atoms with E-state index < -0.39 is 10.0 Å². The van der Waals surface area contributed by atoms with Crippen molar-refractivity contribution in [3.8, 4) is 0 Å². The Morgan fingerprint density at radius 3 is 2.67 bits per heavy atom. The van der Waals surface area contributed by atoms with E-state index in [9.17, 15) is 8.42 Å². The quantitative estimate of drug-likeness (QED) is 0.857. The molecule has 21 heavy (non-hydrogen) atoms. The van der Waals surface area contributed by atoms with Crippen molar-refractivity contribution in [2.75, 3.05) is 5.73 Å². The van der Waals surface area contributed by atoms with Crippen LogP contribution in [0.5, 0.6) is 0 Å².